The van der Waals surface area contributed by atoms with Gasteiger partial charge in [-0.2, -0.15) is 5.10 Å². The highest BCUT2D eigenvalue weighted by atomic mass is 19.1. The standard InChI is InChI=1S/C20H30FN7O2/c1-12(2)22-20(30)18-11-27(25-23-18)10-16-8-15(21)9-28(16)19(29)7-6-17-13(3)24-26(5)14(17)4/h11-12,15-16H,6-10H2,1-5H3,(H,22,30)/t15-,16-/m0/s1. The van der Waals surface area contributed by atoms with Crippen LogP contribution in [-0.4, -0.2) is 66.3 Å². The van der Waals surface area contributed by atoms with E-state index in [0.29, 0.717) is 19.4 Å². The van der Waals surface area contributed by atoms with Gasteiger partial charge in [-0.15, -0.1) is 5.10 Å². The predicted octanol–water partition coefficient (Wildman–Crippen LogP) is 1.34. The van der Waals surface area contributed by atoms with Gasteiger partial charge in [-0.25, -0.2) is 9.07 Å². The van der Waals surface area contributed by atoms with E-state index in [9.17, 15) is 14.0 Å². The minimum absolute atomic E-state index is 0.00928. The van der Waals surface area contributed by atoms with Gasteiger partial charge in [0, 0.05) is 31.6 Å². The molecule has 2 amide bonds. The monoisotopic (exact) mass is 419 g/mol. The molecule has 10 heteroatoms. The molecule has 1 aliphatic heterocycles. The average molecular weight is 420 g/mol. The van der Waals surface area contributed by atoms with Crippen LogP contribution >= 0.6 is 0 Å². The first kappa shape index (κ1) is 21.9. The topological polar surface area (TPSA) is 97.9 Å². The molecule has 0 aliphatic carbocycles. The van der Waals surface area contributed by atoms with Crippen molar-refractivity contribution in [2.45, 2.75) is 71.8 Å². The fourth-order valence-electron chi connectivity index (χ4n) is 3.94. The second-order valence-electron chi connectivity index (χ2n) is 8.26. The lowest BCUT2D eigenvalue weighted by Gasteiger charge is -2.24. The number of alkyl halides is 1. The predicted molar refractivity (Wildman–Crippen MR) is 109 cm³/mol. The summed E-state index contributed by atoms with van der Waals surface area (Å²) in [6.07, 6.45) is 1.61. The maximum Gasteiger partial charge on any atom is 0.273 e. The third kappa shape index (κ3) is 4.85. The van der Waals surface area contributed by atoms with Crippen molar-refractivity contribution in [1.29, 1.82) is 0 Å². The van der Waals surface area contributed by atoms with Gasteiger partial charge in [0.15, 0.2) is 5.69 Å². The Morgan fingerprint density at radius 1 is 1.33 bits per heavy atom. The van der Waals surface area contributed by atoms with Crippen molar-refractivity contribution in [1.82, 2.24) is 35.0 Å². The van der Waals surface area contributed by atoms with Crippen molar-refractivity contribution in [2.75, 3.05) is 6.54 Å². The highest BCUT2D eigenvalue weighted by Gasteiger charge is 2.35. The third-order valence-electron chi connectivity index (χ3n) is 5.52. The summed E-state index contributed by atoms with van der Waals surface area (Å²) in [5.74, 6) is -0.387. The van der Waals surface area contributed by atoms with Crippen LogP contribution in [0.1, 0.15) is 54.1 Å². The Labute approximate surface area is 175 Å². The first-order chi connectivity index (χ1) is 14.2. The lowest BCUT2D eigenvalue weighted by atomic mass is 10.1. The third-order valence-corrected chi connectivity index (χ3v) is 5.52. The molecule has 1 saturated heterocycles. The van der Waals surface area contributed by atoms with E-state index in [4.69, 9.17) is 0 Å². The molecule has 0 unspecified atom stereocenters. The van der Waals surface area contributed by atoms with E-state index in [1.807, 2.05) is 39.4 Å². The van der Waals surface area contributed by atoms with Crippen molar-refractivity contribution >= 4 is 11.8 Å². The van der Waals surface area contributed by atoms with E-state index >= 15 is 0 Å². The van der Waals surface area contributed by atoms with Crippen molar-refractivity contribution < 1.29 is 14.0 Å². The zero-order valence-corrected chi connectivity index (χ0v) is 18.2. The Kier molecular flexibility index (Phi) is 6.52. The molecule has 2 atom stereocenters. The molecule has 3 rings (SSSR count). The van der Waals surface area contributed by atoms with Crippen LogP contribution in [0.2, 0.25) is 0 Å². The minimum Gasteiger partial charge on any atom is -0.348 e. The molecule has 3 heterocycles. The Hall–Kier alpha value is -2.78. The van der Waals surface area contributed by atoms with Gasteiger partial charge in [-0.1, -0.05) is 5.21 Å². The molecular formula is C20H30FN7O2. The number of carbonyl (C=O) groups excluding carboxylic acids is 2. The molecule has 1 aliphatic rings. The van der Waals surface area contributed by atoms with Crippen molar-refractivity contribution in [3.05, 3.63) is 28.8 Å². The molecule has 2 aromatic rings. The second kappa shape index (κ2) is 8.93. The maximum absolute atomic E-state index is 14.1. The lowest BCUT2D eigenvalue weighted by molar-refractivity contribution is -0.132. The molecule has 30 heavy (non-hydrogen) atoms. The number of rotatable bonds is 7. The van der Waals surface area contributed by atoms with E-state index in [1.54, 1.807) is 4.90 Å². The summed E-state index contributed by atoms with van der Waals surface area (Å²) in [7, 11) is 1.88. The van der Waals surface area contributed by atoms with Crippen LogP contribution < -0.4 is 5.32 Å². The number of hydrogen-bond acceptors (Lipinski definition) is 5. The number of nitrogens with zero attached hydrogens (tertiary/aromatic N) is 6. The van der Waals surface area contributed by atoms with Crippen LogP contribution in [0.5, 0.6) is 0 Å². The lowest BCUT2D eigenvalue weighted by Crippen LogP contribution is -2.38. The number of aryl methyl sites for hydroxylation is 2. The summed E-state index contributed by atoms with van der Waals surface area (Å²) >= 11 is 0. The molecule has 0 radical (unpaired) electrons. The zero-order chi connectivity index (χ0) is 22.0. The van der Waals surface area contributed by atoms with Gasteiger partial charge in [-0.3, -0.25) is 14.3 Å². The van der Waals surface area contributed by atoms with Crippen molar-refractivity contribution in [3.63, 3.8) is 0 Å². The van der Waals surface area contributed by atoms with E-state index in [2.05, 4.69) is 20.7 Å². The Balaban J connectivity index is 1.63. The molecule has 9 nitrogen and oxygen atoms in total. The molecular weight excluding hydrogens is 389 g/mol. The molecule has 0 saturated carbocycles. The number of nitrogens with one attached hydrogen (secondary N) is 1. The molecule has 164 valence electrons. The Morgan fingerprint density at radius 2 is 2.07 bits per heavy atom. The number of halogens is 1. The summed E-state index contributed by atoms with van der Waals surface area (Å²) in [5, 5.41) is 15.0. The van der Waals surface area contributed by atoms with Gasteiger partial charge in [0.2, 0.25) is 5.91 Å². The normalized spacial score (nSPS) is 19.0. The van der Waals surface area contributed by atoms with E-state index in [1.165, 1.54) is 10.9 Å². The average Bonchev–Trinajstić information content (AvgIpc) is 3.33. The molecule has 0 bridgehead atoms. The van der Waals surface area contributed by atoms with Gasteiger partial charge in [0.1, 0.15) is 6.17 Å². The van der Waals surface area contributed by atoms with Gasteiger partial charge < -0.3 is 10.2 Å². The number of likely N-dealkylation sites (tertiary alicyclic amines) is 1. The van der Waals surface area contributed by atoms with Crippen LogP contribution in [0.15, 0.2) is 6.20 Å². The van der Waals surface area contributed by atoms with Crippen LogP contribution in [-0.2, 0) is 24.8 Å². The van der Waals surface area contributed by atoms with E-state index < -0.39 is 6.17 Å². The number of hydrogen-bond donors (Lipinski definition) is 1. The minimum atomic E-state index is -1.06. The zero-order valence-electron chi connectivity index (χ0n) is 18.2. The fraction of sp³-hybridized carbons (Fsp3) is 0.650. The quantitative estimate of drug-likeness (QED) is 0.730. The smallest absolute Gasteiger partial charge is 0.273 e. The maximum atomic E-state index is 14.1. The highest BCUT2D eigenvalue weighted by Crippen LogP contribution is 2.24. The van der Waals surface area contributed by atoms with E-state index in [0.717, 1.165) is 17.0 Å². The van der Waals surface area contributed by atoms with E-state index in [-0.39, 0.29) is 42.6 Å². The molecule has 0 spiro atoms. The molecule has 1 fully saturated rings. The van der Waals surface area contributed by atoms with Gasteiger partial charge in [0.25, 0.3) is 5.91 Å². The van der Waals surface area contributed by atoms with Crippen LogP contribution in [0.3, 0.4) is 0 Å². The Bertz CT molecular complexity index is 920. The van der Waals surface area contributed by atoms with Gasteiger partial charge in [0.05, 0.1) is 31.0 Å². The van der Waals surface area contributed by atoms with Gasteiger partial charge >= 0.3 is 0 Å². The summed E-state index contributed by atoms with van der Waals surface area (Å²) < 4.78 is 17.5. The largest absolute Gasteiger partial charge is 0.348 e. The van der Waals surface area contributed by atoms with Crippen molar-refractivity contribution in [3.8, 4) is 0 Å². The first-order valence-electron chi connectivity index (χ1n) is 10.3. The molecule has 2 aromatic heterocycles. The van der Waals surface area contributed by atoms with Crippen LogP contribution in [0.4, 0.5) is 4.39 Å². The number of carbonyl (C=O) groups is 2. The fourth-order valence-corrected chi connectivity index (χ4v) is 3.94. The first-order valence-corrected chi connectivity index (χ1v) is 10.3. The van der Waals surface area contributed by atoms with Crippen molar-refractivity contribution in [2.24, 2.45) is 7.05 Å². The van der Waals surface area contributed by atoms with Gasteiger partial charge in [-0.05, 0) is 39.7 Å². The Morgan fingerprint density at radius 3 is 2.70 bits per heavy atom. The highest BCUT2D eigenvalue weighted by molar-refractivity contribution is 5.92. The summed E-state index contributed by atoms with van der Waals surface area (Å²) in [6, 6.07) is -0.323. The number of aromatic nitrogens is 5. The SMILES string of the molecule is Cc1nn(C)c(C)c1CCC(=O)N1C[C@@H](F)C[C@H]1Cn1cc(C(=O)NC(C)C)nn1. The van der Waals surface area contributed by atoms with Crippen LogP contribution in [0.25, 0.3) is 0 Å². The summed E-state index contributed by atoms with van der Waals surface area (Å²) in [6.45, 7) is 8.03. The second-order valence-corrected chi connectivity index (χ2v) is 8.26. The summed E-state index contributed by atoms with van der Waals surface area (Å²) in [5.41, 5.74) is 3.23. The number of amides is 2. The summed E-state index contributed by atoms with van der Waals surface area (Å²) in [4.78, 5) is 26.5. The van der Waals surface area contributed by atoms with Crippen LogP contribution in [0, 0.1) is 13.8 Å². The molecule has 1 N–H and O–H groups in total. The molecule has 0 aromatic carbocycles.